The Kier molecular flexibility index (Phi) is 4.17. The van der Waals surface area contributed by atoms with Crippen molar-refractivity contribution in [3.63, 3.8) is 0 Å². The number of rotatable bonds is 3. The number of likely N-dealkylation sites (N-methyl/N-ethyl adjacent to an activating group) is 1. The van der Waals surface area contributed by atoms with Crippen LogP contribution in [-0.4, -0.2) is 30.2 Å². The van der Waals surface area contributed by atoms with E-state index >= 15 is 0 Å². The first-order valence-electron chi connectivity index (χ1n) is 6.32. The zero-order chi connectivity index (χ0) is 14.0. The molecule has 2 atom stereocenters. The summed E-state index contributed by atoms with van der Waals surface area (Å²) in [6, 6.07) is 7.35. The van der Waals surface area contributed by atoms with Crippen molar-refractivity contribution in [3.8, 4) is 0 Å². The van der Waals surface area contributed by atoms with Gasteiger partial charge in [0.25, 0.3) is 5.91 Å². The summed E-state index contributed by atoms with van der Waals surface area (Å²) in [7, 11) is 1.74. The highest BCUT2D eigenvalue weighted by Gasteiger charge is 2.30. The lowest BCUT2D eigenvalue weighted by molar-refractivity contribution is -0.128. The number of hydrogen-bond donors (Lipinski definition) is 1. The Morgan fingerprint density at radius 3 is 2.79 bits per heavy atom. The van der Waals surface area contributed by atoms with E-state index in [1.807, 2.05) is 31.2 Å². The molecule has 0 saturated carbocycles. The number of nitrogens with zero attached hydrogens (tertiary/aromatic N) is 1. The second-order valence-corrected chi connectivity index (χ2v) is 5.26. The number of anilines is 1. The third-order valence-corrected chi connectivity index (χ3v) is 3.59. The normalized spacial score (nSPS) is 22.2. The van der Waals surface area contributed by atoms with Gasteiger partial charge >= 0.3 is 0 Å². The monoisotopic (exact) mass is 278 g/mol. The Balaban J connectivity index is 2.14. The first-order valence-corrected chi connectivity index (χ1v) is 6.72. The SMILES string of the molecule is CC1CCC(C(=O)N(C)c2cccc(C(N)=S)c2)O1. The fraction of sp³-hybridized carbons (Fsp3) is 0.429. The predicted octanol–water partition coefficient (Wildman–Crippen LogP) is 1.85. The zero-order valence-electron chi connectivity index (χ0n) is 11.1. The Bertz CT molecular complexity index is 504. The molecule has 1 aromatic rings. The molecule has 1 saturated heterocycles. The van der Waals surface area contributed by atoms with Crippen LogP contribution in [0.1, 0.15) is 25.3 Å². The molecule has 102 valence electrons. The number of carbonyl (C=O) groups excluding carboxylic acids is 1. The van der Waals surface area contributed by atoms with Crippen LogP contribution in [0, 0.1) is 0 Å². The van der Waals surface area contributed by atoms with Gasteiger partial charge in [0.15, 0.2) is 0 Å². The maximum atomic E-state index is 12.3. The van der Waals surface area contributed by atoms with E-state index < -0.39 is 0 Å². The van der Waals surface area contributed by atoms with Crippen LogP contribution in [0.2, 0.25) is 0 Å². The third-order valence-electron chi connectivity index (χ3n) is 3.36. The van der Waals surface area contributed by atoms with Gasteiger partial charge in [0.05, 0.1) is 6.10 Å². The standard InChI is InChI=1S/C14H18N2O2S/c1-9-6-7-12(18-9)14(17)16(2)11-5-3-4-10(8-11)13(15)19/h3-5,8-9,12H,6-7H2,1-2H3,(H2,15,19). The van der Waals surface area contributed by atoms with Crippen LogP contribution in [0.5, 0.6) is 0 Å². The number of nitrogens with two attached hydrogens (primary N) is 1. The van der Waals surface area contributed by atoms with E-state index in [0.29, 0.717) is 4.99 Å². The number of carbonyl (C=O) groups is 1. The molecule has 1 fully saturated rings. The Labute approximate surface area is 118 Å². The quantitative estimate of drug-likeness (QED) is 0.857. The summed E-state index contributed by atoms with van der Waals surface area (Å²) < 4.78 is 5.60. The highest BCUT2D eigenvalue weighted by molar-refractivity contribution is 7.80. The summed E-state index contributed by atoms with van der Waals surface area (Å²) in [6.45, 7) is 1.99. The van der Waals surface area contributed by atoms with E-state index in [4.69, 9.17) is 22.7 Å². The summed E-state index contributed by atoms with van der Waals surface area (Å²) in [6.07, 6.45) is 1.52. The van der Waals surface area contributed by atoms with Gasteiger partial charge in [0.1, 0.15) is 11.1 Å². The maximum absolute atomic E-state index is 12.3. The lowest BCUT2D eigenvalue weighted by Gasteiger charge is -2.21. The van der Waals surface area contributed by atoms with Crippen LogP contribution in [-0.2, 0) is 9.53 Å². The van der Waals surface area contributed by atoms with Crippen molar-refractivity contribution in [1.82, 2.24) is 0 Å². The lowest BCUT2D eigenvalue weighted by Crippen LogP contribution is -2.36. The topological polar surface area (TPSA) is 55.6 Å². The molecule has 1 aromatic carbocycles. The number of amides is 1. The molecule has 0 spiro atoms. The highest BCUT2D eigenvalue weighted by atomic mass is 32.1. The molecule has 1 aliphatic rings. The third kappa shape index (κ3) is 3.11. The number of thiocarbonyl (C=S) groups is 1. The average Bonchev–Trinajstić information content (AvgIpc) is 2.84. The minimum absolute atomic E-state index is 0.0237. The van der Waals surface area contributed by atoms with Gasteiger partial charge in [-0.2, -0.15) is 0 Å². The van der Waals surface area contributed by atoms with Gasteiger partial charge in [-0.1, -0.05) is 24.4 Å². The van der Waals surface area contributed by atoms with Crippen LogP contribution in [0.25, 0.3) is 0 Å². The van der Waals surface area contributed by atoms with Crippen LogP contribution in [0.3, 0.4) is 0 Å². The molecule has 5 heteroatoms. The molecule has 0 radical (unpaired) electrons. The van der Waals surface area contributed by atoms with Gasteiger partial charge in [0, 0.05) is 18.3 Å². The summed E-state index contributed by atoms with van der Waals surface area (Å²) in [4.78, 5) is 14.2. The molecular formula is C14H18N2O2S. The summed E-state index contributed by atoms with van der Waals surface area (Å²) >= 11 is 4.95. The fourth-order valence-corrected chi connectivity index (χ4v) is 2.32. The maximum Gasteiger partial charge on any atom is 0.255 e. The first kappa shape index (κ1) is 14.0. The number of hydrogen-bond acceptors (Lipinski definition) is 3. The molecular weight excluding hydrogens is 260 g/mol. The van der Waals surface area contributed by atoms with E-state index in [-0.39, 0.29) is 18.1 Å². The van der Waals surface area contributed by atoms with Gasteiger partial charge in [-0.15, -0.1) is 0 Å². The molecule has 0 bridgehead atoms. The second kappa shape index (κ2) is 5.67. The molecule has 1 heterocycles. The molecule has 0 aliphatic carbocycles. The Hall–Kier alpha value is -1.46. The highest BCUT2D eigenvalue weighted by Crippen LogP contribution is 2.23. The van der Waals surface area contributed by atoms with Crippen LogP contribution in [0.4, 0.5) is 5.69 Å². The molecule has 1 amide bonds. The van der Waals surface area contributed by atoms with Crippen LogP contribution in [0.15, 0.2) is 24.3 Å². The van der Waals surface area contributed by atoms with Crippen molar-refractivity contribution >= 4 is 28.8 Å². The second-order valence-electron chi connectivity index (χ2n) is 4.82. The zero-order valence-corrected chi connectivity index (χ0v) is 11.9. The summed E-state index contributed by atoms with van der Waals surface area (Å²) in [5, 5.41) is 0. The van der Waals surface area contributed by atoms with E-state index in [2.05, 4.69) is 0 Å². The van der Waals surface area contributed by atoms with Crippen molar-refractivity contribution in [2.75, 3.05) is 11.9 Å². The molecule has 0 aromatic heterocycles. The van der Waals surface area contributed by atoms with Crippen molar-refractivity contribution < 1.29 is 9.53 Å². The summed E-state index contributed by atoms with van der Waals surface area (Å²) in [5.41, 5.74) is 7.14. The lowest BCUT2D eigenvalue weighted by atomic mass is 10.1. The molecule has 2 unspecified atom stereocenters. The van der Waals surface area contributed by atoms with Crippen molar-refractivity contribution in [2.24, 2.45) is 5.73 Å². The fourth-order valence-electron chi connectivity index (χ4n) is 2.20. The van der Waals surface area contributed by atoms with Crippen LogP contribution < -0.4 is 10.6 Å². The van der Waals surface area contributed by atoms with E-state index in [1.165, 1.54) is 0 Å². The molecule has 4 nitrogen and oxygen atoms in total. The first-order chi connectivity index (χ1) is 8.99. The largest absolute Gasteiger partial charge is 0.389 e. The average molecular weight is 278 g/mol. The predicted molar refractivity (Wildman–Crippen MR) is 79.3 cm³/mol. The smallest absolute Gasteiger partial charge is 0.255 e. The summed E-state index contributed by atoms with van der Waals surface area (Å²) in [5.74, 6) is -0.0237. The van der Waals surface area contributed by atoms with Crippen molar-refractivity contribution in [2.45, 2.75) is 32.0 Å². The van der Waals surface area contributed by atoms with E-state index in [1.54, 1.807) is 11.9 Å². The number of benzene rings is 1. The molecule has 2 rings (SSSR count). The van der Waals surface area contributed by atoms with Crippen molar-refractivity contribution in [3.05, 3.63) is 29.8 Å². The van der Waals surface area contributed by atoms with Gasteiger partial charge in [0.2, 0.25) is 0 Å². The van der Waals surface area contributed by atoms with Gasteiger partial charge < -0.3 is 15.4 Å². The Morgan fingerprint density at radius 2 is 2.21 bits per heavy atom. The van der Waals surface area contributed by atoms with E-state index in [9.17, 15) is 4.79 Å². The molecule has 1 aliphatic heterocycles. The van der Waals surface area contributed by atoms with Gasteiger partial charge in [-0.05, 0) is 31.9 Å². The van der Waals surface area contributed by atoms with Gasteiger partial charge in [-0.25, -0.2) is 0 Å². The van der Waals surface area contributed by atoms with Crippen LogP contribution >= 0.6 is 12.2 Å². The van der Waals surface area contributed by atoms with Gasteiger partial charge in [-0.3, -0.25) is 4.79 Å². The van der Waals surface area contributed by atoms with Crippen molar-refractivity contribution in [1.29, 1.82) is 0 Å². The molecule has 2 N–H and O–H groups in total. The molecule has 19 heavy (non-hydrogen) atoms. The minimum Gasteiger partial charge on any atom is -0.389 e. The minimum atomic E-state index is -0.339. The Morgan fingerprint density at radius 1 is 1.47 bits per heavy atom. The number of ether oxygens (including phenoxy) is 1. The van der Waals surface area contributed by atoms with E-state index in [0.717, 1.165) is 24.1 Å².